The zero-order valence-corrected chi connectivity index (χ0v) is 20.1. The number of nitriles is 1. The highest BCUT2D eigenvalue weighted by molar-refractivity contribution is 7.16. The molecular weight excluding hydrogens is 464 g/mol. The van der Waals surface area contributed by atoms with Crippen LogP contribution in [0.2, 0.25) is 5.02 Å². The number of carbonyl (C=O) groups excluding carboxylic acids is 2. The number of nitrogens with one attached hydrogen (secondary N) is 1. The van der Waals surface area contributed by atoms with Gasteiger partial charge in [-0.2, -0.15) is 5.26 Å². The fourth-order valence-corrected chi connectivity index (χ4v) is 5.16. The van der Waals surface area contributed by atoms with Gasteiger partial charge in [-0.25, -0.2) is 4.79 Å². The lowest BCUT2D eigenvalue weighted by molar-refractivity contribution is -0.142. The van der Waals surface area contributed by atoms with Gasteiger partial charge in [0.2, 0.25) is 0 Å². The molecule has 0 bridgehead atoms. The van der Waals surface area contributed by atoms with Crippen LogP contribution in [0.1, 0.15) is 47.8 Å². The van der Waals surface area contributed by atoms with Gasteiger partial charge in [0.25, 0.3) is 5.91 Å². The Balaban J connectivity index is 1.59. The molecule has 0 aliphatic heterocycles. The summed E-state index contributed by atoms with van der Waals surface area (Å²) in [6, 6.07) is 5.53. The van der Waals surface area contributed by atoms with Crippen LogP contribution >= 0.6 is 22.9 Å². The zero-order chi connectivity index (χ0) is 23.8. The van der Waals surface area contributed by atoms with Gasteiger partial charge in [0.1, 0.15) is 11.1 Å². The average molecular weight is 489 g/mol. The number of anilines is 1. The molecule has 0 unspecified atom stereocenters. The third kappa shape index (κ3) is 6.28. The summed E-state index contributed by atoms with van der Waals surface area (Å²) < 4.78 is 15.8. The SMILES string of the molecule is CCOc1cc(C=CC(=O)OCC(=O)Nc2sc3c(c2C#N)CCCCC3)cc(Cl)c1OC. The van der Waals surface area contributed by atoms with E-state index in [0.29, 0.717) is 39.3 Å². The molecular formula is C24H25ClN2O5S. The Morgan fingerprint density at radius 2 is 2.06 bits per heavy atom. The third-order valence-electron chi connectivity index (χ3n) is 5.08. The number of fused-ring (bicyclic) bond motifs is 1. The number of methoxy groups -OCH3 is 1. The van der Waals surface area contributed by atoms with E-state index in [4.69, 9.17) is 25.8 Å². The molecule has 0 saturated carbocycles. The van der Waals surface area contributed by atoms with Crippen molar-refractivity contribution < 1.29 is 23.8 Å². The standard InChI is InChI=1S/C24H25ClN2O5S/c1-3-31-19-12-15(11-18(25)23(19)30-2)9-10-22(29)32-14-21(28)27-24-17(13-26)16-7-5-4-6-8-20(16)33-24/h9-12H,3-8,14H2,1-2H3,(H,27,28). The molecule has 7 nitrogen and oxygen atoms in total. The highest BCUT2D eigenvalue weighted by Crippen LogP contribution is 2.37. The number of halogens is 1. The van der Waals surface area contributed by atoms with Crippen molar-refractivity contribution >= 4 is 45.9 Å². The van der Waals surface area contributed by atoms with E-state index in [-0.39, 0.29) is 0 Å². The fraction of sp³-hybridized carbons (Fsp3) is 0.375. The van der Waals surface area contributed by atoms with Crippen LogP contribution in [0.5, 0.6) is 11.5 Å². The number of esters is 1. The highest BCUT2D eigenvalue weighted by Gasteiger charge is 2.21. The molecule has 0 fully saturated rings. The summed E-state index contributed by atoms with van der Waals surface area (Å²) in [5.41, 5.74) is 2.18. The number of carbonyl (C=O) groups is 2. The van der Waals surface area contributed by atoms with Gasteiger partial charge >= 0.3 is 5.97 Å². The molecule has 174 valence electrons. The number of aryl methyl sites for hydroxylation is 1. The first-order valence-corrected chi connectivity index (χ1v) is 11.9. The van der Waals surface area contributed by atoms with E-state index in [1.54, 1.807) is 12.1 Å². The molecule has 1 aromatic heterocycles. The van der Waals surface area contributed by atoms with Crippen molar-refractivity contribution in [2.24, 2.45) is 0 Å². The number of hydrogen-bond donors (Lipinski definition) is 1. The maximum absolute atomic E-state index is 12.3. The number of nitrogens with zero attached hydrogens (tertiary/aromatic N) is 1. The van der Waals surface area contributed by atoms with Crippen molar-refractivity contribution in [3.05, 3.63) is 44.8 Å². The first-order valence-electron chi connectivity index (χ1n) is 10.7. The van der Waals surface area contributed by atoms with E-state index in [9.17, 15) is 14.9 Å². The molecule has 2 aromatic rings. The van der Waals surface area contributed by atoms with Crippen LogP contribution in [0.15, 0.2) is 18.2 Å². The quantitative estimate of drug-likeness (QED) is 0.313. The summed E-state index contributed by atoms with van der Waals surface area (Å²) in [5.74, 6) is -0.298. The fourth-order valence-electron chi connectivity index (χ4n) is 3.61. The van der Waals surface area contributed by atoms with Gasteiger partial charge in [0.15, 0.2) is 18.1 Å². The van der Waals surface area contributed by atoms with Crippen molar-refractivity contribution in [1.29, 1.82) is 5.26 Å². The minimum atomic E-state index is -0.683. The lowest BCUT2D eigenvalue weighted by Crippen LogP contribution is -2.20. The molecule has 0 spiro atoms. The monoisotopic (exact) mass is 488 g/mol. The summed E-state index contributed by atoms with van der Waals surface area (Å²) in [6.07, 6.45) is 7.76. The number of amides is 1. The zero-order valence-electron chi connectivity index (χ0n) is 18.5. The lowest BCUT2D eigenvalue weighted by Gasteiger charge is -2.11. The van der Waals surface area contributed by atoms with Crippen LogP contribution in [0.25, 0.3) is 6.08 Å². The van der Waals surface area contributed by atoms with Crippen LogP contribution in [0, 0.1) is 11.3 Å². The molecule has 1 N–H and O–H groups in total. The number of ether oxygens (including phenoxy) is 3. The largest absolute Gasteiger partial charge is 0.491 e. The Labute approximate surface area is 201 Å². The molecule has 33 heavy (non-hydrogen) atoms. The highest BCUT2D eigenvalue weighted by atomic mass is 35.5. The van der Waals surface area contributed by atoms with E-state index in [2.05, 4.69) is 11.4 Å². The molecule has 0 radical (unpaired) electrons. The Bertz CT molecular complexity index is 1100. The van der Waals surface area contributed by atoms with Crippen LogP contribution < -0.4 is 14.8 Å². The number of thiophene rings is 1. The predicted octanol–water partition coefficient (Wildman–Crippen LogP) is 5.14. The molecule has 0 atom stereocenters. The van der Waals surface area contributed by atoms with E-state index in [1.807, 2.05) is 6.92 Å². The third-order valence-corrected chi connectivity index (χ3v) is 6.57. The summed E-state index contributed by atoms with van der Waals surface area (Å²) in [5, 5.41) is 13.1. The normalized spacial score (nSPS) is 13.0. The Morgan fingerprint density at radius 3 is 2.79 bits per heavy atom. The molecule has 9 heteroatoms. The minimum Gasteiger partial charge on any atom is -0.491 e. The van der Waals surface area contributed by atoms with E-state index in [1.165, 1.54) is 30.6 Å². The van der Waals surface area contributed by atoms with Crippen LogP contribution in [0.4, 0.5) is 5.00 Å². The Morgan fingerprint density at radius 1 is 1.27 bits per heavy atom. The van der Waals surface area contributed by atoms with Gasteiger partial charge in [-0.1, -0.05) is 18.0 Å². The van der Waals surface area contributed by atoms with Crippen molar-refractivity contribution in [3.8, 4) is 17.6 Å². The molecule has 1 aliphatic carbocycles. The molecule has 0 saturated heterocycles. The second-order valence-electron chi connectivity index (χ2n) is 7.34. The van der Waals surface area contributed by atoms with Crippen LogP contribution in [0.3, 0.4) is 0 Å². The average Bonchev–Trinajstić information content (AvgIpc) is 2.95. The van der Waals surface area contributed by atoms with Gasteiger partial charge in [0, 0.05) is 11.0 Å². The smallest absolute Gasteiger partial charge is 0.331 e. The summed E-state index contributed by atoms with van der Waals surface area (Å²) >= 11 is 7.64. The number of benzene rings is 1. The van der Waals surface area contributed by atoms with Crippen molar-refractivity contribution in [2.75, 3.05) is 25.6 Å². The Kier molecular flexibility index (Phi) is 8.75. The maximum atomic E-state index is 12.3. The molecule has 1 aromatic carbocycles. The molecule has 3 rings (SSSR count). The van der Waals surface area contributed by atoms with Gasteiger partial charge in [0.05, 0.1) is 24.3 Å². The number of hydrogen-bond acceptors (Lipinski definition) is 7. The second-order valence-corrected chi connectivity index (χ2v) is 8.85. The van der Waals surface area contributed by atoms with Gasteiger partial charge in [-0.05, 0) is 61.9 Å². The van der Waals surface area contributed by atoms with Crippen molar-refractivity contribution in [1.82, 2.24) is 0 Å². The summed E-state index contributed by atoms with van der Waals surface area (Å²) in [4.78, 5) is 25.5. The van der Waals surface area contributed by atoms with Crippen LogP contribution in [-0.2, 0) is 27.2 Å². The van der Waals surface area contributed by atoms with Crippen LogP contribution in [-0.4, -0.2) is 32.2 Å². The second kappa shape index (κ2) is 11.7. The maximum Gasteiger partial charge on any atom is 0.331 e. The molecule has 1 heterocycles. The van der Waals surface area contributed by atoms with Gasteiger partial charge in [-0.15, -0.1) is 11.3 Å². The minimum absolute atomic E-state index is 0.346. The first-order chi connectivity index (χ1) is 16.0. The van der Waals surface area contributed by atoms with Gasteiger partial charge in [-0.3, -0.25) is 4.79 Å². The molecule has 1 amide bonds. The van der Waals surface area contributed by atoms with Gasteiger partial charge < -0.3 is 19.5 Å². The first kappa shape index (κ1) is 24.6. The van der Waals surface area contributed by atoms with E-state index in [0.717, 1.165) is 42.5 Å². The lowest BCUT2D eigenvalue weighted by atomic mass is 10.1. The predicted molar refractivity (Wildman–Crippen MR) is 128 cm³/mol. The van der Waals surface area contributed by atoms with E-state index >= 15 is 0 Å². The van der Waals surface area contributed by atoms with Crippen molar-refractivity contribution in [3.63, 3.8) is 0 Å². The van der Waals surface area contributed by atoms with Crippen molar-refractivity contribution in [2.45, 2.75) is 39.0 Å². The topological polar surface area (TPSA) is 97.6 Å². The summed E-state index contributed by atoms with van der Waals surface area (Å²) in [7, 11) is 1.49. The number of rotatable bonds is 8. The summed E-state index contributed by atoms with van der Waals surface area (Å²) in [6.45, 7) is 1.81. The van der Waals surface area contributed by atoms with E-state index < -0.39 is 18.5 Å². The Hall–Kier alpha value is -3.02. The molecule has 1 aliphatic rings.